The van der Waals surface area contributed by atoms with E-state index in [4.69, 9.17) is 27.9 Å². The highest BCUT2D eigenvalue weighted by atomic mass is 35.5. The fourth-order valence-corrected chi connectivity index (χ4v) is 3.73. The number of hydrogen-bond donors (Lipinski definition) is 1. The number of benzene rings is 2. The Morgan fingerprint density at radius 1 is 1.17 bits per heavy atom. The topological polar surface area (TPSA) is 50.7 Å². The molecule has 2 aromatic carbocycles. The molecule has 0 bridgehead atoms. The predicted octanol–water partition coefficient (Wildman–Crippen LogP) is 6.52. The van der Waals surface area contributed by atoms with Gasteiger partial charge in [0.05, 0.1) is 21.8 Å². The first-order valence-electron chi connectivity index (χ1n) is 9.01. The SMILES string of the molecule is CC(C)c1cc(C(=O)N/N=C/c2ccccc2OCc2ccc(Cl)c(Cl)c2)cs1. The van der Waals surface area contributed by atoms with Crippen LogP contribution < -0.4 is 10.2 Å². The molecule has 0 saturated heterocycles. The molecule has 0 fully saturated rings. The van der Waals surface area contributed by atoms with E-state index < -0.39 is 0 Å². The van der Waals surface area contributed by atoms with Crippen LogP contribution in [-0.4, -0.2) is 12.1 Å². The summed E-state index contributed by atoms with van der Waals surface area (Å²) in [6, 6.07) is 14.7. The summed E-state index contributed by atoms with van der Waals surface area (Å²) in [4.78, 5) is 13.4. The van der Waals surface area contributed by atoms with Crippen LogP contribution >= 0.6 is 34.5 Å². The number of ether oxygens (including phenoxy) is 1. The van der Waals surface area contributed by atoms with E-state index >= 15 is 0 Å². The number of amides is 1. The molecule has 0 aliphatic carbocycles. The van der Waals surface area contributed by atoms with Crippen LogP contribution in [0.1, 0.15) is 46.1 Å². The lowest BCUT2D eigenvalue weighted by Gasteiger charge is -2.09. The first kappa shape index (κ1) is 21.4. The maximum atomic E-state index is 12.3. The van der Waals surface area contributed by atoms with Crippen molar-refractivity contribution in [1.29, 1.82) is 0 Å². The first-order chi connectivity index (χ1) is 13.9. The van der Waals surface area contributed by atoms with Crippen LogP contribution in [0.25, 0.3) is 0 Å². The van der Waals surface area contributed by atoms with Gasteiger partial charge in [-0.1, -0.05) is 55.2 Å². The average molecular weight is 447 g/mol. The minimum Gasteiger partial charge on any atom is -0.488 e. The third-order valence-electron chi connectivity index (χ3n) is 4.12. The Labute approximate surface area is 184 Å². The van der Waals surface area contributed by atoms with Crippen LogP contribution in [0.5, 0.6) is 5.75 Å². The van der Waals surface area contributed by atoms with Crippen molar-refractivity contribution in [3.05, 3.63) is 85.5 Å². The highest BCUT2D eigenvalue weighted by molar-refractivity contribution is 7.10. The second-order valence-electron chi connectivity index (χ2n) is 6.67. The summed E-state index contributed by atoms with van der Waals surface area (Å²) in [7, 11) is 0. The van der Waals surface area contributed by atoms with Gasteiger partial charge in [-0.25, -0.2) is 5.43 Å². The van der Waals surface area contributed by atoms with Crippen LogP contribution in [0, 0.1) is 0 Å². The third-order valence-corrected chi connectivity index (χ3v) is 6.09. The van der Waals surface area contributed by atoms with Gasteiger partial charge < -0.3 is 4.74 Å². The second-order valence-corrected chi connectivity index (χ2v) is 8.42. The fourth-order valence-electron chi connectivity index (χ4n) is 2.51. The molecule has 0 radical (unpaired) electrons. The van der Waals surface area contributed by atoms with Crippen LogP contribution in [0.15, 0.2) is 59.0 Å². The Balaban J connectivity index is 1.63. The fraction of sp³-hybridized carbons (Fsp3) is 0.182. The molecule has 4 nitrogen and oxygen atoms in total. The number of thiophene rings is 1. The molecule has 1 N–H and O–H groups in total. The highest BCUT2D eigenvalue weighted by Gasteiger charge is 2.10. The lowest BCUT2D eigenvalue weighted by molar-refractivity contribution is 0.0955. The van der Waals surface area contributed by atoms with Crippen LogP contribution in [-0.2, 0) is 6.61 Å². The Morgan fingerprint density at radius 2 is 1.97 bits per heavy atom. The molecule has 0 aliphatic heterocycles. The average Bonchev–Trinajstić information content (AvgIpc) is 3.20. The molecule has 0 aliphatic rings. The molecule has 0 saturated carbocycles. The van der Waals surface area contributed by atoms with Crippen LogP contribution in [0.2, 0.25) is 10.0 Å². The summed E-state index contributed by atoms with van der Waals surface area (Å²) in [5.41, 5.74) is 4.83. The van der Waals surface area contributed by atoms with Gasteiger partial charge in [0.1, 0.15) is 12.4 Å². The van der Waals surface area contributed by atoms with E-state index in [1.54, 1.807) is 29.7 Å². The summed E-state index contributed by atoms with van der Waals surface area (Å²) in [6.07, 6.45) is 1.57. The van der Waals surface area contributed by atoms with E-state index in [1.807, 2.05) is 41.8 Å². The lowest BCUT2D eigenvalue weighted by atomic mass is 10.1. The smallest absolute Gasteiger partial charge is 0.272 e. The van der Waals surface area contributed by atoms with Crippen LogP contribution in [0.3, 0.4) is 0 Å². The van der Waals surface area contributed by atoms with Crippen molar-refractivity contribution >= 4 is 46.7 Å². The Morgan fingerprint density at radius 3 is 2.69 bits per heavy atom. The molecular formula is C22H20Cl2N2O2S. The molecule has 7 heteroatoms. The normalized spacial score (nSPS) is 11.2. The van der Waals surface area contributed by atoms with Gasteiger partial charge >= 0.3 is 0 Å². The van der Waals surface area contributed by atoms with Crippen molar-refractivity contribution < 1.29 is 9.53 Å². The molecular weight excluding hydrogens is 427 g/mol. The van der Waals surface area contributed by atoms with Crippen LogP contribution in [0.4, 0.5) is 0 Å². The maximum Gasteiger partial charge on any atom is 0.272 e. The largest absolute Gasteiger partial charge is 0.488 e. The van der Waals surface area contributed by atoms with Crippen molar-refractivity contribution in [2.75, 3.05) is 0 Å². The zero-order chi connectivity index (χ0) is 20.8. The number of hydrogen-bond acceptors (Lipinski definition) is 4. The van der Waals surface area contributed by atoms with Gasteiger partial charge in [-0.3, -0.25) is 4.79 Å². The Kier molecular flexibility index (Phi) is 7.31. The minimum absolute atomic E-state index is 0.237. The third kappa shape index (κ3) is 5.82. The number of para-hydroxylation sites is 1. The molecule has 1 amide bonds. The lowest BCUT2D eigenvalue weighted by Crippen LogP contribution is -2.16. The van der Waals surface area contributed by atoms with Crippen molar-refractivity contribution in [2.45, 2.75) is 26.4 Å². The summed E-state index contributed by atoms with van der Waals surface area (Å²) in [6.45, 7) is 4.53. The molecule has 1 heterocycles. The van der Waals surface area contributed by atoms with Gasteiger partial charge in [-0.2, -0.15) is 5.10 Å². The van der Waals surface area contributed by atoms with E-state index in [1.165, 1.54) is 4.88 Å². The molecule has 0 atom stereocenters. The molecule has 3 aromatic rings. The van der Waals surface area contributed by atoms with E-state index in [-0.39, 0.29) is 5.91 Å². The van der Waals surface area contributed by atoms with Crippen molar-refractivity contribution in [2.24, 2.45) is 5.10 Å². The molecule has 0 spiro atoms. The highest BCUT2D eigenvalue weighted by Crippen LogP contribution is 2.25. The minimum atomic E-state index is -0.237. The van der Waals surface area contributed by atoms with E-state index in [0.717, 1.165) is 11.1 Å². The van der Waals surface area contributed by atoms with Gasteiger partial charge in [-0.05, 0) is 41.8 Å². The zero-order valence-electron chi connectivity index (χ0n) is 16.0. The number of halogens is 2. The van der Waals surface area contributed by atoms with Gasteiger partial charge in [0.2, 0.25) is 0 Å². The summed E-state index contributed by atoms with van der Waals surface area (Å²) in [5, 5.41) is 6.91. The molecule has 0 unspecified atom stereocenters. The second kappa shape index (κ2) is 9.92. The number of nitrogens with one attached hydrogen (secondary N) is 1. The summed E-state index contributed by atoms with van der Waals surface area (Å²) in [5.74, 6) is 0.803. The van der Waals surface area contributed by atoms with E-state index in [0.29, 0.717) is 33.9 Å². The molecule has 1 aromatic heterocycles. The Hall–Kier alpha value is -2.34. The van der Waals surface area contributed by atoms with Crippen molar-refractivity contribution in [1.82, 2.24) is 5.43 Å². The maximum absolute atomic E-state index is 12.3. The van der Waals surface area contributed by atoms with Gasteiger partial charge in [0.15, 0.2) is 0 Å². The van der Waals surface area contributed by atoms with Crippen molar-refractivity contribution in [3.8, 4) is 5.75 Å². The van der Waals surface area contributed by atoms with Gasteiger partial charge in [0, 0.05) is 15.8 Å². The first-order valence-corrected chi connectivity index (χ1v) is 10.6. The monoisotopic (exact) mass is 446 g/mol. The van der Waals surface area contributed by atoms with Crippen molar-refractivity contribution in [3.63, 3.8) is 0 Å². The van der Waals surface area contributed by atoms with Gasteiger partial charge in [-0.15, -0.1) is 11.3 Å². The number of nitrogens with zero attached hydrogens (tertiary/aromatic N) is 1. The molecule has 3 rings (SSSR count). The number of carbonyl (C=O) groups is 1. The molecule has 150 valence electrons. The van der Waals surface area contributed by atoms with E-state index in [2.05, 4.69) is 24.4 Å². The summed E-state index contributed by atoms with van der Waals surface area (Å²) < 4.78 is 5.89. The van der Waals surface area contributed by atoms with Gasteiger partial charge in [0.25, 0.3) is 5.91 Å². The van der Waals surface area contributed by atoms with E-state index in [9.17, 15) is 4.79 Å². The number of hydrazone groups is 1. The predicted molar refractivity (Wildman–Crippen MR) is 121 cm³/mol. The quantitative estimate of drug-likeness (QED) is 0.331. The standard InChI is InChI=1S/C22H20Cl2N2O2S/c1-14(2)21-10-17(13-29-21)22(27)26-25-11-16-5-3-4-6-20(16)28-12-15-7-8-18(23)19(24)9-15/h3-11,13-14H,12H2,1-2H3,(H,26,27)/b25-11+. The zero-order valence-corrected chi connectivity index (χ0v) is 18.3. The summed E-state index contributed by atoms with van der Waals surface area (Å²) >= 11 is 13.6. The number of carbonyl (C=O) groups excluding carboxylic acids is 1. The molecule has 29 heavy (non-hydrogen) atoms. The number of rotatable bonds is 7. The Bertz CT molecular complexity index is 1030.